The van der Waals surface area contributed by atoms with Crippen molar-refractivity contribution in [1.82, 2.24) is 0 Å². The van der Waals surface area contributed by atoms with E-state index < -0.39 is 29.9 Å². The first-order valence-electron chi connectivity index (χ1n) is 5.77. The van der Waals surface area contributed by atoms with Crippen molar-refractivity contribution in [2.45, 2.75) is 18.1 Å². The number of methoxy groups -OCH3 is 1. The lowest BCUT2D eigenvalue weighted by molar-refractivity contribution is -0.158. The van der Waals surface area contributed by atoms with Crippen molar-refractivity contribution < 1.29 is 24.5 Å². The Labute approximate surface area is 110 Å². The van der Waals surface area contributed by atoms with Crippen molar-refractivity contribution in [2.75, 3.05) is 7.11 Å². The summed E-state index contributed by atoms with van der Waals surface area (Å²) in [5.74, 6) is -1.37. The van der Waals surface area contributed by atoms with Crippen molar-refractivity contribution in [3.63, 3.8) is 0 Å². The SMILES string of the molecule is COC(=O)[C@@]1(O)C=C(C(O)c2ccccc2)C(=O)C1. The maximum absolute atomic E-state index is 11.8. The molecule has 2 atom stereocenters. The predicted molar refractivity (Wildman–Crippen MR) is 66.1 cm³/mol. The molecule has 0 spiro atoms. The summed E-state index contributed by atoms with van der Waals surface area (Å²) in [5.41, 5.74) is -1.44. The zero-order valence-electron chi connectivity index (χ0n) is 10.4. The van der Waals surface area contributed by atoms with E-state index >= 15 is 0 Å². The molecule has 5 nitrogen and oxygen atoms in total. The van der Waals surface area contributed by atoms with Crippen molar-refractivity contribution in [3.05, 3.63) is 47.5 Å². The standard InChI is InChI=1S/C14H14O5/c1-19-13(17)14(18)7-10(11(15)8-14)12(16)9-5-3-2-4-6-9/h2-7,12,16,18H,8H2,1H3/t12?,14-/m1/s1. The summed E-state index contributed by atoms with van der Waals surface area (Å²) in [4.78, 5) is 23.3. The molecule has 0 bridgehead atoms. The van der Waals surface area contributed by atoms with Crippen molar-refractivity contribution in [2.24, 2.45) is 0 Å². The second-order valence-corrected chi connectivity index (χ2v) is 4.43. The van der Waals surface area contributed by atoms with Crippen LogP contribution in [0.25, 0.3) is 0 Å². The van der Waals surface area contributed by atoms with Gasteiger partial charge < -0.3 is 14.9 Å². The van der Waals surface area contributed by atoms with E-state index in [-0.39, 0.29) is 5.57 Å². The van der Waals surface area contributed by atoms with Gasteiger partial charge in [0.15, 0.2) is 11.4 Å². The van der Waals surface area contributed by atoms with E-state index in [1.165, 1.54) is 0 Å². The molecule has 19 heavy (non-hydrogen) atoms. The van der Waals surface area contributed by atoms with E-state index in [0.717, 1.165) is 13.2 Å². The van der Waals surface area contributed by atoms with Gasteiger partial charge in [0.05, 0.1) is 13.5 Å². The molecule has 0 fully saturated rings. The van der Waals surface area contributed by atoms with Crippen LogP contribution in [0.15, 0.2) is 42.0 Å². The highest BCUT2D eigenvalue weighted by Gasteiger charge is 2.45. The van der Waals surface area contributed by atoms with Gasteiger partial charge in [-0.3, -0.25) is 4.79 Å². The van der Waals surface area contributed by atoms with Crippen LogP contribution >= 0.6 is 0 Å². The van der Waals surface area contributed by atoms with Gasteiger partial charge in [-0.05, 0) is 11.6 Å². The molecule has 0 aliphatic heterocycles. The summed E-state index contributed by atoms with van der Waals surface area (Å²) in [7, 11) is 1.13. The summed E-state index contributed by atoms with van der Waals surface area (Å²) >= 11 is 0. The number of carbonyl (C=O) groups is 2. The van der Waals surface area contributed by atoms with Gasteiger partial charge in [-0.1, -0.05) is 30.3 Å². The monoisotopic (exact) mass is 262 g/mol. The number of ether oxygens (including phenoxy) is 1. The first-order valence-corrected chi connectivity index (χ1v) is 5.77. The highest BCUT2D eigenvalue weighted by molar-refractivity contribution is 6.05. The van der Waals surface area contributed by atoms with Gasteiger partial charge in [-0.2, -0.15) is 0 Å². The Kier molecular flexibility index (Phi) is 3.50. The number of aliphatic hydroxyl groups excluding tert-OH is 1. The molecule has 0 saturated carbocycles. The van der Waals surface area contributed by atoms with E-state index in [1.807, 2.05) is 0 Å². The van der Waals surface area contributed by atoms with E-state index in [2.05, 4.69) is 4.74 Å². The highest BCUT2D eigenvalue weighted by Crippen LogP contribution is 2.33. The number of ketones is 1. The number of esters is 1. The number of hydrogen-bond donors (Lipinski definition) is 2. The minimum absolute atomic E-state index is 0.0131. The normalized spacial score (nSPS) is 23.9. The van der Waals surface area contributed by atoms with E-state index in [4.69, 9.17) is 0 Å². The van der Waals surface area contributed by atoms with Crippen LogP contribution in [0.2, 0.25) is 0 Å². The third-order valence-corrected chi connectivity index (χ3v) is 3.10. The second kappa shape index (κ2) is 4.95. The van der Waals surface area contributed by atoms with Gasteiger partial charge in [-0.15, -0.1) is 0 Å². The van der Waals surface area contributed by atoms with Crippen LogP contribution < -0.4 is 0 Å². The van der Waals surface area contributed by atoms with Crippen molar-refractivity contribution in [1.29, 1.82) is 0 Å². The minimum atomic E-state index is -1.98. The molecule has 1 aromatic rings. The Bertz CT molecular complexity index is 534. The Morgan fingerprint density at radius 1 is 1.37 bits per heavy atom. The van der Waals surface area contributed by atoms with Crippen LogP contribution in [0.1, 0.15) is 18.1 Å². The van der Waals surface area contributed by atoms with Gasteiger partial charge in [0.2, 0.25) is 0 Å². The smallest absolute Gasteiger partial charge is 0.342 e. The molecule has 2 N–H and O–H groups in total. The molecule has 100 valence electrons. The minimum Gasteiger partial charge on any atom is -0.467 e. The van der Waals surface area contributed by atoms with Crippen LogP contribution in [0.4, 0.5) is 0 Å². The molecule has 1 aromatic carbocycles. The molecule has 0 saturated heterocycles. The molecule has 0 radical (unpaired) electrons. The van der Waals surface area contributed by atoms with Crippen LogP contribution in [-0.2, 0) is 14.3 Å². The molecule has 0 aromatic heterocycles. The maximum Gasteiger partial charge on any atom is 0.342 e. The van der Waals surface area contributed by atoms with Crippen molar-refractivity contribution >= 4 is 11.8 Å². The lowest BCUT2D eigenvalue weighted by atomic mass is 10.0. The fraction of sp³-hybridized carbons (Fsp3) is 0.286. The fourth-order valence-corrected chi connectivity index (χ4v) is 2.09. The third kappa shape index (κ3) is 2.43. The molecule has 1 aliphatic rings. The molecule has 2 rings (SSSR count). The quantitative estimate of drug-likeness (QED) is 0.776. The zero-order chi connectivity index (χ0) is 14.0. The lowest BCUT2D eigenvalue weighted by Gasteiger charge is -2.15. The van der Waals surface area contributed by atoms with Gasteiger partial charge in [0.25, 0.3) is 0 Å². The van der Waals surface area contributed by atoms with Gasteiger partial charge in [-0.25, -0.2) is 4.79 Å². The van der Waals surface area contributed by atoms with E-state index in [1.54, 1.807) is 30.3 Å². The largest absolute Gasteiger partial charge is 0.467 e. The molecule has 1 aliphatic carbocycles. The van der Waals surface area contributed by atoms with Gasteiger partial charge in [0, 0.05) is 5.57 Å². The third-order valence-electron chi connectivity index (χ3n) is 3.10. The van der Waals surface area contributed by atoms with Crippen LogP contribution in [0.5, 0.6) is 0 Å². The Morgan fingerprint density at radius 3 is 2.58 bits per heavy atom. The number of Topliss-reactive ketones (excluding diaryl/α,β-unsaturated/α-hetero) is 1. The number of benzene rings is 1. The molecular formula is C14H14O5. The number of hydrogen-bond acceptors (Lipinski definition) is 5. The first-order chi connectivity index (χ1) is 8.98. The lowest BCUT2D eigenvalue weighted by Crippen LogP contribution is -2.36. The summed E-state index contributed by atoms with van der Waals surface area (Å²) in [6.07, 6.45) is -0.482. The average Bonchev–Trinajstić information content (AvgIpc) is 2.74. The predicted octanol–water partition coefficient (Wildman–Crippen LogP) is 0.523. The zero-order valence-corrected chi connectivity index (χ0v) is 10.4. The Morgan fingerprint density at radius 2 is 2.00 bits per heavy atom. The van der Waals surface area contributed by atoms with Crippen LogP contribution in [-0.4, -0.2) is 34.7 Å². The highest BCUT2D eigenvalue weighted by atomic mass is 16.5. The van der Waals surface area contributed by atoms with Crippen molar-refractivity contribution in [3.8, 4) is 0 Å². The summed E-state index contributed by atoms with van der Waals surface area (Å²) < 4.78 is 4.45. The molecule has 5 heteroatoms. The molecule has 0 amide bonds. The Hall–Kier alpha value is -1.98. The summed E-state index contributed by atoms with van der Waals surface area (Å²) in [6.45, 7) is 0. The van der Waals surface area contributed by atoms with Gasteiger partial charge >= 0.3 is 5.97 Å². The van der Waals surface area contributed by atoms with Gasteiger partial charge in [0.1, 0.15) is 6.10 Å². The Balaban J connectivity index is 2.32. The van der Waals surface area contributed by atoms with E-state index in [0.29, 0.717) is 5.56 Å². The fourth-order valence-electron chi connectivity index (χ4n) is 2.09. The average molecular weight is 262 g/mol. The number of aliphatic hydroxyl groups is 2. The van der Waals surface area contributed by atoms with Crippen LogP contribution in [0, 0.1) is 0 Å². The molecular weight excluding hydrogens is 248 g/mol. The molecule has 0 heterocycles. The maximum atomic E-state index is 11.8. The molecule has 1 unspecified atom stereocenters. The topological polar surface area (TPSA) is 83.8 Å². The first kappa shape index (κ1) is 13.5. The number of rotatable bonds is 3. The van der Waals surface area contributed by atoms with E-state index in [9.17, 15) is 19.8 Å². The summed E-state index contributed by atoms with van der Waals surface area (Å²) in [5, 5.41) is 20.1. The number of carbonyl (C=O) groups excluding carboxylic acids is 2. The summed E-state index contributed by atoms with van der Waals surface area (Å²) in [6, 6.07) is 8.56. The van der Waals surface area contributed by atoms with Crippen LogP contribution in [0.3, 0.4) is 0 Å². The second-order valence-electron chi connectivity index (χ2n) is 4.43.